The molecule has 1 N–H and O–H groups in total. The minimum atomic E-state index is -0.538. The first-order valence-electron chi connectivity index (χ1n) is 8.53. The molecule has 0 aliphatic rings. The number of carbonyl (C=O) groups excluding carboxylic acids is 1. The molecule has 0 saturated carbocycles. The van der Waals surface area contributed by atoms with Crippen LogP contribution in [0.1, 0.15) is 18.9 Å². The Morgan fingerprint density at radius 1 is 1.19 bits per heavy atom. The molecular formula is C20H24ClNO3S. The number of nitrogens with one attached hydrogen (secondary N) is 1. The molecule has 2 rings (SSSR count). The summed E-state index contributed by atoms with van der Waals surface area (Å²) in [6.45, 7) is 2.52. The zero-order valence-corrected chi connectivity index (χ0v) is 16.6. The highest BCUT2D eigenvalue weighted by molar-refractivity contribution is 7.98. The smallest absolute Gasteiger partial charge is 0.261 e. The Labute approximate surface area is 164 Å². The van der Waals surface area contributed by atoms with E-state index in [0.29, 0.717) is 24.5 Å². The molecule has 2 aromatic carbocycles. The number of ether oxygens (including phenoxy) is 2. The van der Waals surface area contributed by atoms with Crippen molar-refractivity contribution in [1.29, 1.82) is 0 Å². The van der Waals surface area contributed by atoms with E-state index in [2.05, 4.69) is 5.32 Å². The summed E-state index contributed by atoms with van der Waals surface area (Å²) in [5.41, 5.74) is 1.18. The van der Waals surface area contributed by atoms with Crippen molar-refractivity contribution < 1.29 is 14.3 Å². The molecule has 4 nitrogen and oxygen atoms in total. The molecule has 0 radical (unpaired) electrons. The van der Waals surface area contributed by atoms with Gasteiger partial charge in [0.05, 0.1) is 7.11 Å². The number of rotatable bonds is 10. The van der Waals surface area contributed by atoms with Gasteiger partial charge in [0.2, 0.25) is 0 Å². The fraction of sp³-hybridized carbons (Fsp3) is 0.350. The lowest BCUT2D eigenvalue weighted by atomic mass is 10.2. The SMILES string of the molecule is CC[C@@H](Oc1ccccc1OC)C(=O)NCCSCc1cccc(Cl)c1. The van der Waals surface area contributed by atoms with Crippen molar-refractivity contribution in [3.05, 3.63) is 59.1 Å². The zero-order valence-electron chi connectivity index (χ0n) is 15.0. The van der Waals surface area contributed by atoms with E-state index in [9.17, 15) is 4.79 Å². The molecule has 0 unspecified atom stereocenters. The van der Waals surface area contributed by atoms with Crippen LogP contribution >= 0.6 is 23.4 Å². The molecule has 0 saturated heterocycles. The Balaban J connectivity index is 1.74. The minimum absolute atomic E-state index is 0.109. The van der Waals surface area contributed by atoms with Crippen LogP contribution in [0.3, 0.4) is 0 Å². The average Bonchev–Trinajstić information content (AvgIpc) is 2.66. The van der Waals surface area contributed by atoms with E-state index in [1.165, 1.54) is 5.56 Å². The van der Waals surface area contributed by atoms with Crippen LogP contribution in [0.15, 0.2) is 48.5 Å². The fourth-order valence-electron chi connectivity index (χ4n) is 2.37. The molecule has 26 heavy (non-hydrogen) atoms. The second-order valence-electron chi connectivity index (χ2n) is 5.64. The van der Waals surface area contributed by atoms with Crippen LogP contribution in [0.2, 0.25) is 5.02 Å². The quantitative estimate of drug-likeness (QED) is 0.601. The second-order valence-corrected chi connectivity index (χ2v) is 7.18. The van der Waals surface area contributed by atoms with Gasteiger partial charge in [-0.3, -0.25) is 4.79 Å². The molecule has 0 fully saturated rings. The summed E-state index contributed by atoms with van der Waals surface area (Å²) in [5.74, 6) is 2.78. The highest BCUT2D eigenvalue weighted by atomic mass is 35.5. The number of hydrogen-bond donors (Lipinski definition) is 1. The Kier molecular flexibility index (Phi) is 8.65. The molecule has 0 spiro atoms. The van der Waals surface area contributed by atoms with Gasteiger partial charge in [0.15, 0.2) is 17.6 Å². The third-order valence-electron chi connectivity index (χ3n) is 3.70. The number of thioether (sulfide) groups is 1. The summed E-state index contributed by atoms with van der Waals surface area (Å²) in [6, 6.07) is 15.2. The summed E-state index contributed by atoms with van der Waals surface area (Å²) in [6.07, 6.45) is 0.0451. The van der Waals surface area contributed by atoms with Crippen molar-refractivity contribution in [3.8, 4) is 11.5 Å². The lowest BCUT2D eigenvalue weighted by molar-refractivity contribution is -0.128. The Morgan fingerprint density at radius 2 is 1.96 bits per heavy atom. The number of halogens is 1. The topological polar surface area (TPSA) is 47.6 Å². The Morgan fingerprint density at radius 3 is 2.65 bits per heavy atom. The predicted molar refractivity (Wildman–Crippen MR) is 108 cm³/mol. The number of para-hydroxylation sites is 2. The average molecular weight is 394 g/mol. The van der Waals surface area contributed by atoms with Crippen molar-refractivity contribution in [2.45, 2.75) is 25.2 Å². The Hall–Kier alpha value is -1.85. The molecule has 140 valence electrons. The van der Waals surface area contributed by atoms with Crippen molar-refractivity contribution >= 4 is 29.3 Å². The van der Waals surface area contributed by atoms with Gasteiger partial charge in [0, 0.05) is 23.1 Å². The van der Waals surface area contributed by atoms with Crippen LogP contribution in [0, 0.1) is 0 Å². The highest BCUT2D eigenvalue weighted by Crippen LogP contribution is 2.27. The van der Waals surface area contributed by atoms with Crippen LogP contribution in [-0.2, 0) is 10.5 Å². The van der Waals surface area contributed by atoms with Gasteiger partial charge in [-0.25, -0.2) is 0 Å². The minimum Gasteiger partial charge on any atom is -0.493 e. The van der Waals surface area contributed by atoms with Crippen molar-refractivity contribution in [3.63, 3.8) is 0 Å². The summed E-state index contributed by atoms with van der Waals surface area (Å²) < 4.78 is 11.1. The van der Waals surface area contributed by atoms with E-state index >= 15 is 0 Å². The van der Waals surface area contributed by atoms with Crippen molar-refractivity contribution in [2.75, 3.05) is 19.4 Å². The lowest BCUT2D eigenvalue weighted by Gasteiger charge is -2.18. The monoisotopic (exact) mass is 393 g/mol. The predicted octanol–water partition coefficient (Wildman–Crippen LogP) is 4.56. The first-order valence-corrected chi connectivity index (χ1v) is 10.1. The van der Waals surface area contributed by atoms with Gasteiger partial charge in [-0.1, -0.05) is 42.8 Å². The molecule has 6 heteroatoms. The first kappa shape index (κ1) is 20.5. The molecular weight excluding hydrogens is 370 g/mol. The number of amides is 1. The summed E-state index contributed by atoms with van der Waals surface area (Å²) in [5, 5.41) is 3.68. The van der Waals surface area contributed by atoms with Crippen molar-refractivity contribution in [1.82, 2.24) is 5.32 Å². The lowest BCUT2D eigenvalue weighted by Crippen LogP contribution is -2.39. The van der Waals surface area contributed by atoms with Crippen LogP contribution in [-0.4, -0.2) is 31.4 Å². The van der Waals surface area contributed by atoms with Crippen molar-refractivity contribution in [2.24, 2.45) is 0 Å². The standard InChI is InChI=1S/C20H24ClNO3S/c1-3-17(25-19-10-5-4-9-18(19)24-2)20(23)22-11-12-26-14-15-7-6-8-16(21)13-15/h4-10,13,17H,3,11-12,14H2,1-2H3,(H,22,23)/t17-/m1/s1. The molecule has 0 bridgehead atoms. The third kappa shape index (κ3) is 6.46. The van der Waals surface area contributed by atoms with Gasteiger partial charge in [-0.2, -0.15) is 11.8 Å². The van der Waals surface area contributed by atoms with Crippen LogP contribution in [0.5, 0.6) is 11.5 Å². The van der Waals surface area contributed by atoms with Gasteiger partial charge in [-0.15, -0.1) is 0 Å². The van der Waals surface area contributed by atoms with E-state index in [-0.39, 0.29) is 5.91 Å². The maximum Gasteiger partial charge on any atom is 0.261 e. The van der Waals surface area contributed by atoms with Gasteiger partial charge < -0.3 is 14.8 Å². The summed E-state index contributed by atoms with van der Waals surface area (Å²) >= 11 is 7.73. The van der Waals surface area contributed by atoms with Gasteiger partial charge >= 0.3 is 0 Å². The number of carbonyl (C=O) groups is 1. The Bertz CT molecular complexity index is 711. The third-order valence-corrected chi connectivity index (χ3v) is 4.97. The maximum atomic E-state index is 12.4. The number of methoxy groups -OCH3 is 1. The van der Waals surface area contributed by atoms with Gasteiger partial charge in [0.1, 0.15) is 0 Å². The zero-order chi connectivity index (χ0) is 18.8. The van der Waals surface area contributed by atoms with Gasteiger partial charge in [-0.05, 0) is 36.2 Å². The molecule has 1 amide bonds. The summed E-state index contributed by atoms with van der Waals surface area (Å²) in [7, 11) is 1.58. The molecule has 0 heterocycles. The van der Waals surface area contributed by atoms with E-state index < -0.39 is 6.10 Å². The van der Waals surface area contributed by atoms with Gasteiger partial charge in [0.25, 0.3) is 5.91 Å². The van der Waals surface area contributed by atoms with Crippen LogP contribution in [0.25, 0.3) is 0 Å². The molecule has 0 aliphatic carbocycles. The van der Waals surface area contributed by atoms with Crippen LogP contribution in [0.4, 0.5) is 0 Å². The summed E-state index contributed by atoms with van der Waals surface area (Å²) in [4.78, 5) is 12.4. The fourth-order valence-corrected chi connectivity index (χ4v) is 3.39. The molecule has 0 aliphatic heterocycles. The molecule has 2 aromatic rings. The number of hydrogen-bond acceptors (Lipinski definition) is 4. The second kappa shape index (κ2) is 11.0. The van der Waals surface area contributed by atoms with E-state index in [4.69, 9.17) is 21.1 Å². The van der Waals surface area contributed by atoms with E-state index in [0.717, 1.165) is 16.5 Å². The largest absolute Gasteiger partial charge is 0.493 e. The maximum absolute atomic E-state index is 12.4. The number of benzene rings is 2. The van der Waals surface area contributed by atoms with Crippen LogP contribution < -0.4 is 14.8 Å². The van der Waals surface area contributed by atoms with E-state index in [1.54, 1.807) is 24.9 Å². The van der Waals surface area contributed by atoms with E-state index in [1.807, 2.05) is 49.4 Å². The normalized spacial score (nSPS) is 11.7. The first-order chi connectivity index (χ1) is 12.6. The molecule has 0 aromatic heterocycles. The molecule has 1 atom stereocenters. The highest BCUT2D eigenvalue weighted by Gasteiger charge is 2.19.